The normalized spacial score (nSPS) is 19.9. The average molecular weight is 309 g/mol. The monoisotopic (exact) mass is 309 g/mol. The van der Waals surface area contributed by atoms with Crippen LogP contribution in [0.2, 0.25) is 0 Å². The Kier molecular flexibility index (Phi) is 3.70. The number of pyridine rings is 1. The molecule has 3 rings (SSSR count). The summed E-state index contributed by atoms with van der Waals surface area (Å²) in [5.74, 6) is 0.197. The number of nitriles is 1. The molecule has 5 heteroatoms. The summed E-state index contributed by atoms with van der Waals surface area (Å²) >= 11 is 0. The molecule has 0 fully saturated rings. The molecule has 5 nitrogen and oxygen atoms in total. The van der Waals surface area contributed by atoms with Crippen LogP contribution in [0.5, 0.6) is 0 Å². The molecule has 0 aliphatic carbocycles. The summed E-state index contributed by atoms with van der Waals surface area (Å²) in [5.41, 5.74) is 7.91. The van der Waals surface area contributed by atoms with Crippen molar-refractivity contribution in [2.24, 2.45) is 0 Å². The SMILES string of the molecule is CC[C@@]1(C)Cc2c(C#N)c(N)n(-c3ccccc3)c(=O)c2CO1. The van der Waals surface area contributed by atoms with Gasteiger partial charge in [0.1, 0.15) is 11.9 Å². The van der Waals surface area contributed by atoms with Crippen molar-refractivity contribution in [3.05, 3.63) is 57.4 Å². The predicted molar refractivity (Wildman–Crippen MR) is 88.4 cm³/mol. The van der Waals surface area contributed by atoms with Gasteiger partial charge in [0.05, 0.1) is 23.5 Å². The topological polar surface area (TPSA) is 81.0 Å². The van der Waals surface area contributed by atoms with E-state index in [2.05, 4.69) is 6.07 Å². The summed E-state index contributed by atoms with van der Waals surface area (Å²) in [6.07, 6.45) is 1.33. The summed E-state index contributed by atoms with van der Waals surface area (Å²) in [7, 11) is 0. The Hall–Kier alpha value is -2.58. The minimum Gasteiger partial charge on any atom is -0.384 e. The summed E-state index contributed by atoms with van der Waals surface area (Å²) in [6.45, 7) is 4.24. The van der Waals surface area contributed by atoms with Crippen LogP contribution in [-0.4, -0.2) is 10.2 Å². The van der Waals surface area contributed by atoms with Crippen molar-refractivity contribution in [3.63, 3.8) is 0 Å². The molecule has 2 N–H and O–H groups in total. The highest BCUT2D eigenvalue weighted by Gasteiger charge is 2.34. The zero-order chi connectivity index (χ0) is 16.6. The van der Waals surface area contributed by atoms with E-state index in [1.54, 1.807) is 12.1 Å². The van der Waals surface area contributed by atoms with Gasteiger partial charge in [0.15, 0.2) is 0 Å². The van der Waals surface area contributed by atoms with E-state index in [0.717, 1.165) is 12.0 Å². The molecule has 23 heavy (non-hydrogen) atoms. The van der Waals surface area contributed by atoms with E-state index in [9.17, 15) is 10.1 Å². The number of aromatic nitrogens is 1. The molecule has 0 unspecified atom stereocenters. The Balaban J connectivity index is 2.29. The quantitative estimate of drug-likeness (QED) is 0.924. The fourth-order valence-corrected chi connectivity index (χ4v) is 2.99. The zero-order valence-corrected chi connectivity index (χ0v) is 13.3. The van der Waals surface area contributed by atoms with E-state index in [0.29, 0.717) is 23.2 Å². The standard InChI is InChI=1S/C18H19N3O2/c1-3-18(2)9-13-14(10-19)16(20)21(12-7-5-4-6-8-12)17(22)15(13)11-23-18/h4-8H,3,9,11,20H2,1-2H3/t18-/m0/s1. The number of hydrogen-bond donors (Lipinski definition) is 1. The van der Waals surface area contributed by atoms with Crippen LogP contribution in [0.3, 0.4) is 0 Å². The Morgan fingerprint density at radius 3 is 2.65 bits per heavy atom. The molecule has 2 aromatic rings. The van der Waals surface area contributed by atoms with Crippen LogP contribution in [0, 0.1) is 11.3 Å². The fourth-order valence-electron chi connectivity index (χ4n) is 2.99. The van der Waals surface area contributed by atoms with E-state index in [1.165, 1.54) is 4.57 Å². The minimum atomic E-state index is -0.365. The number of anilines is 1. The maximum atomic E-state index is 12.9. The van der Waals surface area contributed by atoms with Gasteiger partial charge in [-0.1, -0.05) is 25.1 Å². The second kappa shape index (κ2) is 5.56. The van der Waals surface area contributed by atoms with Gasteiger partial charge in [-0.25, -0.2) is 0 Å². The third-order valence-electron chi connectivity index (χ3n) is 4.61. The molecule has 118 valence electrons. The number of fused-ring (bicyclic) bond motifs is 1. The first kappa shape index (κ1) is 15.3. The van der Waals surface area contributed by atoms with Gasteiger partial charge in [-0.15, -0.1) is 0 Å². The maximum absolute atomic E-state index is 12.9. The van der Waals surface area contributed by atoms with Crippen LogP contribution in [0.25, 0.3) is 5.69 Å². The number of para-hydroxylation sites is 1. The molecule has 1 aliphatic rings. The Morgan fingerprint density at radius 1 is 1.35 bits per heavy atom. The predicted octanol–water partition coefficient (Wildman–Crippen LogP) is 2.53. The number of rotatable bonds is 2. The molecule has 1 aromatic heterocycles. The summed E-state index contributed by atoms with van der Waals surface area (Å²) in [6, 6.07) is 11.3. The van der Waals surface area contributed by atoms with Crippen LogP contribution in [0.1, 0.15) is 37.0 Å². The second-order valence-electron chi connectivity index (χ2n) is 6.07. The van der Waals surface area contributed by atoms with E-state index in [-0.39, 0.29) is 23.6 Å². The lowest BCUT2D eigenvalue weighted by molar-refractivity contribution is -0.0570. The van der Waals surface area contributed by atoms with Gasteiger partial charge in [0.25, 0.3) is 5.56 Å². The maximum Gasteiger partial charge on any atom is 0.262 e. The van der Waals surface area contributed by atoms with Crippen molar-refractivity contribution in [1.29, 1.82) is 5.26 Å². The van der Waals surface area contributed by atoms with Crippen LogP contribution in [0.15, 0.2) is 35.1 Å². The van der Waals surface area contributed by atoms with Crippen molar-refractivity contribution in [1.82, 2.24) is 4.57 Å². The van der Waals surface area contributed by atoms with Crippen molar-refractivity contribution >= 4 is 5.82 Å². The first-order valence-corrected chi connectivity index (χ1v) is 7.66. The molecular weight excluding hydrogens is 290 g/mol. The lowest BCUT2D eigenvalue weighted by Gasteiger charge is -2.35. The molecule has 0 amide bonds. The van der Waals surface area contributed by atoms with Gasteiger partial charge in [0, 0.05) is 12.0 Å². The Morgan fingerprint density at radius 2 is 2.04 bits per heavy atom. The van der Waals surface area contributed by atoms with Gasteiger partial charge >= 0.3 is 0 Å². The highest BCUT2D eigenvalue weighted by Crippen LogP contribution is 2.33. The van der Waals surface area contributed by atoms with Gasteiger partial charge in [-0.2, -0.15) is 5.26 Å². The minimum absolute atomic E-state index is 0.197. The van der Waals surface area contributed by atoms with Gasteiger partial charge in [-0.05, 0) is 31.0 Å². The van der Waals surface area contributed by atoms with Crippen LogP contribution >= 0.6 is 0 Å². The third-order valence-corrected chi connectivity index (χ3v) is 4.61. The summed E-state index contributed by atoms with van der Waals surface area (Å²) in [5, 5.41) is 9.59. The third kappa shape index (κ3) is 2.41. The smallest absolute Gasteiger partial charge is 0.262 e. The number of ether oxygens (including phenoxy) is 1. The van der Waals surface area contributed by atoms with E-state index in [4.69, 9.17) is 10.5 Å². The highest BCUT2D eigenvalue weighted by molar-refractivity contribution is 5.60. The molecule has 2 heterocycles. The number of benzene rings is 1. The molecule has 0 spiro atoms. The molecule has 1 aromatic carbocycles. The van der Waals surface area contributed by atoms with Crippen LogP contribution in [-0.2, 0) is 17.8 Å². The van der Waals surface area contributed by atoms with Crippen LogP contribution < -0.4 is 11.3 Å². The fraction of sp³-hybridized carbons (Fsp3) is 0.333. The molecule has 0 saturated carbocycles. The Labute approximate surface area is 134 Å². The lowest BCUT2D eigenvalue weighted by Crippen LogP contribution is -2.40. The second-order valence-corrected chi connectivity index (χ2v) is 6.07. The van der Waals surface area contributed by atoms with Crippen LogP contribution in [0.4, 0.5) is 5.82 Å². The van der Waals surface area contributed by atoms with Crippen molar-refractivity contribution in [3.8, 4) is 11.8 Å². The molecule has 1 aliphatic heterocycles. The molecule has 0 bridgehead atoms. The van der Waals surface area contributed by atoms with Gasteiger partial charge in [0.2, 0.25) is 0 Å². The zero-order valence-electron chi connectivity index (χ0n) is 13.3. The van der Waals surface area contributed by atoms with E-state index >= 15 is 0 Å². The van der Waals surface area contributed by atoms with Gasteiger partial charge in [-0.3, -0.25) is 9.36 Å². The van der Waals surface area contributed by atoms with E-state index in [1.807, 2.05) is 32.0 Å². The van der Waals surface area contributed by atoms with Crippen molar-refractivity contribution in [2.75, 3.05) is 5.73 Å². The number of nitrogens with zero attached hydrogens (tertiary/aromatic N) is 2. The molecular formula is C18H19N3O2. The number of nitrogen functional groups attached to an aromatic ring is 1. The Bertz CT molecular complexity index is 849. The summed E-state index contributed by atoms with van der Waals surface area (Å²) in [4.78, 5) is 12.9. The van der Waals surface area contributed by atoms with Crippen molar-refractivity contribution in [2.45, 2.75) is 38.9 Å². The molecule has 0 saturated heterocycles. The highest BCUT2D eigenvalue weighted by atomic mass is 16.5. The van der Waals surface area contributed by atoms with Crippen molar-refractivity contribution < 1.29 is 4.74 Å². The average Bonchev–Trinajstić information content (AvgIpc) is 2.56. The molecule has 1 atom stereocenters. The first-order chi connectivity index (χ1) is 11.0. The summed E-state index contributed by atoms with van der Waals surface area (Å²) < 4.78 is 7.29. The molecule has 0 radical (unpaired) electrons. The van der Waals surface area contributed by atoms with Gasteiger partial charge < -0.3 is 10.5 Å². The number of hydrogen-bond acceptors (Lipinski definition) is 4. The first-order valence-electron chi connectivity index (χ1n) is 7.66. The number of nitrogens with two attached hydrogens (primary N) is 1. The lowest BCUT2D eigenvalue weighted by atomic mass is 9.86. The largest absolute Gasteiger partial charge is 0.384 e. The van der Waals surface area contributed by atoms with E-state index < -0.39 is 0 Å².